The molecule has 1 aromatic heterocycles. The van der Waals surface area contributed by atoms with Crippen LogP contribution in [-0.2, 0) is 18.2 Å². The lowest BCUT2D eigenvalue weighted by molar-refractivity contribution is -0.126. The van der Waals surface area contributed by atoms with Crippen LogP contribution in [0.3, 0.4) is 0 Å². The Morgan fingerprint density at radius 1 is 1.41 bits per heavy atom. The molecule has 1 aliphatic rings. The minimum absolute atomic E-state index is 0.285. The molecule has 1 fully saturated rings. The van der Waals surface area contributed by atoms with Crippen molar-refractivity contribution in [3.8, 4) is 0 Å². The van der Waals surface area contributed by atoms with Gasteiger partial charge in [-0.1, -0.05) is 0 Å². The second-order valence-electron chi connectivity index (χ2n) is 6.24. The second kappa shape index (κ2) is 3.56. The lowest BCUT2D eigenvalue weighted by Crippen LogP contribution is -2.48. The van der Waals surface area contributed by atoms with Gasteiger partial charge in [-0.2, -0.15) is 5.10 Å². The first kappa shape index (κ1) is 12.6. The van der Waals surface area contributed by atoms with E-state index in [-0.39, 0.29) is 5.60 Å². The lowest BCUT2D eigenvalue weighted by atomic mass is 9.79. The van der Waals surface area contributed by atoms with Crippen molar-refractivity contribution < 1.29 is 9.84 Å². The molecule has 1 atom stereocenters. The molecule has 4 nitrogen and oxygen atoms in total. The Labute approximate surface area is 103 Å². The molecular weight excluding hydrogens is 216 g/mol. The van der Waals surface area contributed by atoms with Gasteiger partial charge in [-0.3, -0.25) is 4.68 Å². The van der Waals surface area contributed by atoms with Crippen LogP contribution >= 0.6 is 0 Å². The van der Waals surface area contributed by atoms with E-state index in [1.807, 2.05) is 47.0 Å². The maximum absolute atomic E-state index is 10.8. The highest BCUT2D eigenvalue weighted by atomic mass is 16.5. The van der Waals surface area contributed by atoms with Crippen LogP contribution in [0.2, 0.25) is 0 Å². The van der Waals surface area contributed by atoms with Gasteiger partial charge in [0, 0.05) is 26.1 Å². The quantitative estimate of drug-likeness (QED) is 0.852. The molecule has 1 N–H and O–H groups in total. The predicted octanol–water partition coefficient (Wildman–Crippen LogP) is 1.67. The third-order valence-corrected chi connectivity index (χ3v) is 3.61. The van der Waals surface area contributed by atoms with Crippen LogP contribution in [-0.4, -0.2) is 31.7 Å². The molecule has 0 radical (unpaired) electrons. The molecule has 17 heavy (non-hydrogen) atoms. The van der Waals surface area contributed by atoms with Crippen LogP contribution < -0.4 is 0 Å². The summed E-state index contributed by atoms with van der Waals surface area (Å²) in [5.41, 5.74) is -0.782. The molecule has 0 saturated carbocycles. The Morgan fingerprint density at radius 2 is 2.06 bits per heavy atom. The minimum Gasteiger partial charge on any atom is -0.386 e. The van der Waals surface area contributed by atoms with Gasteiger partial charge in [0.25, 0.3) is 0 Å². The Kier molecular flexibility index (Phi) is 2.64. The molecule has 2 rings (SSSR count). The molecule has 1 aliphatic heterocycles. The van der Waals surface area contributed by atoms with Crippen LogP contribution in [0.4, 0.5) is 0 Å². The number of aryl methyl sites for hydroxylation is 1. The van der Waals surface area contributed by atoms with E-state index in [1.165, 1.54) is 0 Å². The summed E-state index contributed by atoms with van der Waals surface area (Å²) in [6, 6.07) is 1.94. The van der Waals surface area contributed by atoms with Gasteiger partial charge < -0.3 is 9.84 Å². The van der Waals surface area contributed by atoms with E-state index in [0.29, 0.717) is 12.8 Å². The van der Waals surface area contributed by atoms with Crippen LogP contribution in [0.25, 0.3) is 0 Å². The Morgan fingerprint density at radius 3 is 2.47 bits per heavy atom. The van der Waals surface area contributed by atoms with E-state index in [0.717, 1.165) is 5.69 Å². The second-order valence-corrected chi connectivity index (χ2v) is 6.24. The van der Waals surface area contributed by atoms with Crippen molar-refractivity contribution in [2.75, 3.05) is 0 Å². The molecule has 1 unspecified atom stereocenters. The molecule has 0 spiro atoms. The first-order valence-electron chi connectivity index (χ1n) is 6.05. The summed E-state index contributed by atoms with van der Waals surface area (Å²) in [5.74, 6) is 0. The number of nitrogens with zero attached hydrogens (tertiary/aromatic N) is 2. The van der Waals surface area contributed by atoms with Crippen molar-refractivity contribution in [2.24, 2.45) is 7.05 Å². The van der Waals surface area contributed by atoms with Crippen molar-refractivity contribution in [3.63, 3.8) is 0 Å². The summed E-state index contributed by atoms with van der Waals surface area (Å²) in [6.07, 6.45) is 3.06. The first-order chi connectivity index (χ1) is 7.64. The summed E-state index contributed by atoms with van der Waals surface area (Å²) in [4.78, 5) is 0. The highest BCUT2D eigenvalue weighted by molar-refractivity contribution is 5.13. The summed E-state index contributed by atoms with van der Waals surface area (Å²) in [6.45, 7) is 7.94. The average Bonchev–Trinajstić information content (AvgIpc) is 2.52. The van der Waals surface area contributed by atoms with Gasteiger partial charge in [-0.25, -0.2) is 0 Å². The molecule has 1 saturated heterocycles. The summed E-state index contributed by atoms with van der Waals surface area (Å²) in [5, 5.41) is 15.2. The van der Waals surface area contributed by atoms with Gasteiger partial charge in [0.05, 0.1) is 16.9 Å². The third kappa shape index (κ3) is 2.24. The zero-order valence-electron chi connectivity index (χ0n) is 11.3. The van der Waals surface area contributed by atoms with Gasteiger partial charge in [-0.15, -0.1) is 0 Å². The highest BCUT2D eigenvalue weighted by Crippen LogP contribution is 2.46. The summed E-state index contributed by atoms with van der Waals surface area (Å²) < 4.78 is 7.70. The van der Waals surface area contributed by atoms with E-state index in [4.69, 9.17) is 4.74 Å². The van der Waals surface area contributed by atoms with Gasteiger partial charge >= 0.3 is 0 Å². The summed E-state index contributed by atoms with van der Waals surface area (Å²) >= 11 is 0. The Hall–Kier alpha value is -0.870. The zero-order chi connectivity index (χ0) is 12.9. The molecule has 0 bridgehead atoms. The van der Waals surface area contributed by atoms with Crippen molar-refractivity contribution >= 4 is 0 Å². The fourth-order valence-corrected chi connectivity index (χ4v) is 2.87. The molecule has 2 heterocycles. The van der Waals surface area contributed by atoms with Gasteiger partial charge in [-0.05, 0) is 33.8 Å². The predicted molar refractivity (Wildman–Crippen MR) is 65.7 cm³/mol. The smallest absolute Gasteiger partial charge is 0.101 e. The van der Waals surface area contributed by atoms with Gasteiger partial charge in [0.2, 0.25) is 0 Å². The lowest BCUT2D eigenvalue weighted by Gasteiger charge is -2.34. The first-order valence-corrected chi connectivity index (χ1v) is 6.05. The number of hydrogen-bond donors (Lipinski definition) is 1. The number of aromatic nitrogens is 2. The van der Waals surface area contributed by atoms with E-state index >= 15 is 0 Å². The average molecular weight is 238 g/mol. The normalized spacial score (nSPS) is 30.7. The standard InChI is InChI=1S/C13H22N2O2/c1-11(2)9-13(16,12(3,4)17-11)8-10-6-7-15(5)14-10/h6-7,16H,8-9H2,1-5H3. The van der Waals surface area contributed by atoms with Crippen molar-refractivity contribution in [1.29, 1.82) is 0 Å². The summed E-state index contributed by atoms with van der Waals surface area (Å²) in [7, 11) is 1.88. The topological polar surface area (TPSA) is 47.3 Å². The number of rotatable bonds is 2. The van der Waals surface area contributed by atoms with E-state index < -0.39 is 11.2 Å². The molecule has 0 aromatic carbocycles. The largest absolute Gasteiger partial charge is 0.386 e. The Balaban J connectivity index is 2.24. The third-order valence-electron chi connectivity index (χ3n) is 3.61. The molecular formula is C13H22N2O2. The molecule has 0 amide bonds. The van der Waals surface area contributed by atoms with Gasteiger partial charge in [0.15, 0.2) is 0 Å². The maximum Gasteiger partial charge on any atom is 0.101 e. The zero-order valence-corrected chi connectivity index (χ0v) is 11.3. The fraction of sp³-hybridized carbons (Fsp3) is 0.769. The molecule has 0 aliphatic carbocycles. The molecule has 4 heteroatoms. The molecule has 96 valence electrons. The van der Waals surface area contributed by atoms with Crippen molar-refractivity contribution in [2.45, 2.75) is 57.3 Å². The van der Waals surface area contributed by atoms with Crippen LogP contribution in [0.5, 0.6) is 0 Å². The van der Waals surface area contributed by atoms with Crippen LogP contribution in [0, 0.1) is 0 Å². The van der Waals surface area contributed by atoms with E-state index in [2.05, 4.69) is 5.10 Å². The van der Waals surface area contributed by atoms with Crippen LogP contribution in [0.1, 0.15) is 39.8 Å². The van der Waals surface area contributed by atoms with Crippen molar-refractivity contribution in [3.05, 3.63) is 18.0 Å². The number of hydrogen-bond acceptors (Lipinski definition) is 3. The SMILES string of the molecule is Cn1ccc(CC2(O)CC(C)(C)OC2(C)C)n1. The van der Waals surface area contributed by atoms with E-state index in [1.54, 1.807) is 4.68 Å². The monoisotopic (exact) mass is 238 g/mol. The van der Waals surface area contributed by atoms with Crippen LogP contribution in [0.15, 0.2) is 12.3 Å². The maximum atomic E-state index is 10.8. The van der Waals surface area contributed by atoms with Crippen molar-refractivity contribution in [1.82, 2.24) is 9.78 Å². The van der Waals surface area contributed by atoms with Gasteiger partial charge in [0.1, 0.15) is 5.60 Å². The number of ether oxygens (including phenoxy) is 1. The molecule has 1 aromatic rings. The Bertz CT molecular complexity index is 423. The highest BCUT2D eigenvalue weighted by Gasteiger charge is 2.56. The minimum atomic E-state index is -0.856. The number of aliphatic hydroxyl groups is 1. The fourth-order valence-electron chi connectivity index (χ4n) is 2.87. The van der Waals surface area contributed by atoms with E-state index in [9.17, 15) is 5.11 Å².